The summed E-state index contributed by atoms with van der Waals surface area (Å²) in [6, 6.07) is 9.23. The highest BCUT2D eigenvalue weighted by Crippen LogP contribution is 2.30. The Labute approximate surface area is 226 Å². The quantitative estimate of drug-likeness (QED) is 0.335. The van der Waals surface area contributed by atoms with Crippen LogP contribution in [0.3, 0.4) is 0 Å². The van der Waals surface area contributed by atoms with Gasteiger partial charge in [-0.15, -0.1) is 0 Å². The number of fused-ring (bicyclic) bond motifs is 1. The lowest BCUT2D eigenvalue weighted by atomic mass is 9.86. The average molecular weight is 546 g/mol. The van der Waals surface area contributed by atoms with Crippen molar-refractivity contribution >= 4 is 22.8 Å². The third kappa shape index (κ3) is 6.81. The number of ether oxygens (including phenoxy) is 2. The van der Waals surface area contributed by atoms with Crippen LogP contribution in [0.25, 0.3) is 16.9 Å². The zero-order valence-electron chi connectivity index (χ0n) is 22.2. The summed E-state index contributed by atoms with van der Waals surface area (Å²) in [6.07, 6.45) is 0.841. The number of halogens is 2. The highest BCUT2D eigenvalue weighted by atomic mass is 19.3. The van der Waals surface area contributed by atoms with Crippen molar-refractivity contribution in [3.8, 4) is 5.82 Å². The van der Waals surface area contributed by atoms with E-state index in [0.29, 0.717) is 86.6 Å². The van der Waals surface area contributed by atoms with Crippen LogP contribution >= 0.6 is 0 Å². The van der Waals surface area contributed by atoms with E-state index in [1.54, 1.807) is 31.4 Å². The van der Waals surface area contributed by atoms with E-state index in [1.165, 1.54) is 4.57 Å². The number of anilines is 2. The van der Waals surface area contributed by atoms with Crippen LogP contribution < -0.4 is 15.5 Å². The Morgan fingerprint density at radius 1 is 1.08 bits per heavy atom. The molecule has 39 heavy (non-hydrogen) atoms. The molecule has 1 atom stereocenters. The van der Waals surface area contributed by atoms with Crippen LogP contribution in [-0.4, -0.2) is 89.9 Å². The number of hydrogen-bond donors (Lipinski definition) is 3. The molecule has 2 aromatic heterocycles. The molecule has 0 radical (unpaired) electrons. The second kappa shape index (κ2) is 12.9. The lowest BCUT2D eigenvalue weighted by Gasteiger charge is -2.30. The van der Waals surface area contributed by atoms with E-state index in [9.17, 15) is 13.9 Å². The van der Waals surface area contributed by atoms with Gasteiger partial charge in [0.2, 0.25) is 5.95 Å². The Hall–Kier alpha value is -2.93. The third-order valence-corrected chi connectivity index (χ3v) is 7.44. The van der Waals surface area contributed by atoms with E-state index >= 15 is 0 Å². The number of aliphatic hydroxyl groups excluding tert-OH is 1. The summed E-state index contributed by atoms with van der Waals surface area (Å²) in [5.74, 6) is 1.55. The van der Waals surface area contributed by atoms with Gasteiger partial charge in [-0.3, -0.25) is 4.57 Å². The summed E-state index contributed by atoms with van der Waals surface area (Å²) >= 11 is 0. The predicted molar refractivity (Wildman–Crippen MR) is 145 cm³/mol. The SMILES string of the molecule is COCC(O)CNC1CCC(CNc2nc(N3CCOCC3)cc(-n3c(C(F)F)nc4ccccc43)n2)CC1. The molecule has 1 unspecified atom stereocenters. The van der Waals surface area contributed by atoms with Crippen LogP contribution in [0.15, 0.2) is 30.3 Å². The molecule has 3 heterocycles. The topological polar surface area (TPSA) is 110 Å². The van der Waals surface area contributed by atoms with Gasteiger partial charge in [-0.2, -0.15) is 9.97 Å². The number of rotatable bonds is 11. The number of aliphatic hydroxyl groups is 1. The molecule has 1 saturated carbocycles. The Morgan fingerprint density at radius 2 is 1.82 bits per heavy atom. The molecular weight excluding hydrogens is 508 g/mol. The fourth-order valence-corrected chi connectivity index (χ4v) is 5.36. The van der Waals surface area contributed by atoms with Crippen LogP contribution in [0.4, 0.5) is 20.5 Å². The molecule has 5 rings (SSSR count). The van der Waals surface area contributed by atoms with Crippen molar-refractivity contribution in [2.24, 2.45) is 5.92 Å². The van der Waals surface area contributed by atoms with Gasteiger partial charge in [-0.1, -0.05) is 12.1 Å². The van der Waals surface area contributed by atoms with Gasteiger partial charge in [0.15, 0.2) is 5.82 Å². The first-order valence-corrected chi connectivity index (χ1v) is 13.6. The maximum atomic E-state index is 14.1. The second-order valence-electron chi connectivity index (χ2n) is 10.2. The number of hydrogen-bond acceptors (Lipinski definition) is 9. The van der Waals surface area contributed by atoms with Gasteiger partial charge in [0.05, 0.1) is 37.0 Å². The van der Waals surface area contributed by atoms with E-state index in [4.69, 9.17) is 14.5 Å². The first-order chi connectivity index (χ1) is 19.0. The third-order valence-electron chi connectivity index (χ3n) is 7.44. The minimum Gasteiger partial charge on any atom is -0.389 e. The number of nitrogens with zero attached hydrogens (tertiary/aromatic N) is 5. The lowest BCUT2D eigenvalue weighted by molar-refractivity contribution is 0.0613. The fourth-order valence-electron chi connectivity index (χ4n) is 5.36. The molecule has 2 aliphatic rings. The summed E-state index contributed by atoms with van der Waals surface area (Å²) in [5, 5.41) is 16.7. The molecule has 0 amide bonds. The molecule has 1 saturated heterocycles. The summed E-state index contributed by atoms with van der Waals surface area (Å²) in [6.45, 7) is 4.03. The fraction of sp³-hybridized carbons (Fsp3) is 0.593. The molecule has 10 nitrogen and oxygen atoms in total. The monoisotopic (exact) mass is 545 g/mol. The Kier molecular flexibility index (Phi) is 9.17. The smallest absolute Gasteiger partial charge is 0.296 e. The molecular formula is C27H37F2N7O3. The molecule has 1 aromatic carbocycles. The van der Waals surface area contributed by atoms with E-state index in [2.05, 4.69) is 25.5 Å². The van der Waals surface area contributed by atoms with Crippen molar-refractivity contribution in [3.05, 3.63) is 36.2 Å². The van der Waals surface area contributed by atoms with Gasteiger partial charge in [-0.25, -0.2) is 13.8 Å². The standard InChI is InChI=1S/C27H37F2N7O3/c1-38-17-20(37)16-30-19-8-6-18(7-9-19)15-31-27-33-23(35-10-12-39-13-11-35)14-24(34-27)36-22-5-3-2-4-21(22)32-26(36)25(28)29/h2-5,14,18-20,25,30,37H,6-13,15-17H2,1H3,(H,31,33,34). The van der Waals surface area contributed by atoms with E-state index in [1.807, 2.05) is 6.07 Å². The number of benzene rings is 1. The van der Waals surface area contributed by atoms with Crippen LogP contribution in [0.1, 0.15) is 37.9 Å². The average Bonchev–Trinajstić information content (AvgIpc) is 3.36. The molecule has 0 spiro atoms. The largest absolute Gasteiger partial charge is 0.389 e. The van der Waals surface area contributed by atoms with Crippen molar-refractivity contribution in [2.45, 2.75) is 44.3 Å². The minimum absolute atomic E-state index is 0.325. The summed E-state index contributed by atoms with van der Waals surface area (Å²) in [5.41, 5.74) is 1.07. The van der Waals surface area contributed by atoms with Gasteiger partial charge < -0.3 is 30.1 Å². The van der Waals surface area contributed by atoms with E-state index in [0.717, 1.165) is 25.7 Å². The van der Waals surface area contributed by atoms with Gasteiger partial charge >= 0.3 is 0 Å². The molecule has 12 heteroatoms. The lowest BCUT2D eigenvalue weighted by Crippen LogP contribution is -2.40. The number of nitrogens with one attached hydrogen (secondary N) is 2. The van der Waals surface area contributed by atoms with E-state index in [-0.39, 0.29) is 5.82 Å². The number of morpholine rings is 1. The Balaban J connectivity index is 1.33. The summed E-state index contributed by atoms with van der Waals surface area (Å²) < 4.78 is 40.1. The molecule has 3 N–H and O–H groups in total. The Bertz CT molecular complexity index is 1210. The van der Waals surface area contributed by atoms with Crippen LogP contribution in [0.2, 0.25) is 0 Å². The zero-order chi connectivity index (χ0) is 27.2. The molecule has 3 aromatic rings. The maximum absolute atomic E-state index is 14.1. The molecule has 1 aliphatic carbocycles. The first kappa shape index (κ1) is 27.6. The first-order valence-electron chi connectivity index (χ1n) is 13.6. The number of methoxy groups -OCH3 is 1. The van der Waals surface area contributed by atoms with Gasteiger partial charge in [-0.05, 0) is 43.7 Å². The summed E-state index contributed by atoms with van der Waals surface area (Å²) in [4.78, 5) is 15.7. The normalized spacial score (nSPS) is 21.0. The van der Waals surface area contributed by atoms with Gasteiger partial charge in [0.25, 0.3) is 6.43 Å². The van der Waals surface area contributed by atoms with Gasteiger partial charge in [0.1, 0.15) is 11.6 Å². The highest BCUT2D eigenvalue weighted by Gasteiger charge is 2.25. The van der Waals surface area contributed by atoms with Crippen molar-refractivity contribution in [1.29, 1.82) is 0 Å². The molecule has 0 bridgehead atoms. The molecule has 212 valence electrons. The van der Waals surface area contributed by atoms with Crippen molar-refractivity contribution in [1.82, 2.24) is 24.8 Å². The van der Waals surface area contributed by atoms with Gasteiger partial charge in [0, 0.05) is 45.4 Å². The number of alkyl halides is 2. The van der Waals surface area contributed by atoms with Crippen LogP contribution in [0.5, 0.6) is 0 Å². The van der Waals surface area contributed by atoms with Crippen molar-refractivity contribution in [2.75, 3.05) is 63.3 Å². The number of imidazole rings is 1. The van der Waals surface area contributed by atoms with Crippen molar-refractivity contribution < 1.29 is 23.4 Å². The molecule has 1 aliphatic heterocycles. The zero-order valence-corrected chi connectivity index (χ0v) is 22.2. The second-order valence-corrected chi connectivity index (χ2v) is 10.2. The Morgan fingerprint density at radius 3 is 2.56 bits per heavy atom. The number of para-hydroxylation sites is 2. The summed E-state index contributed by atoms with van der Waals surface area (Å²) in [7, 11) is 1.58. The van der Waals surface area contributed by atoms with Crippen molar-refractivity contribution in [3.63, 3.8) is 0 Å². The van der Waals surface area contributed by atoms with Crippen LogP contribution in [-0.2, 0) is 9.47 Å². The van der Waals surface area contributed by atoms with E-state index < -0.39 is 12.5 Å². The number of aromatic nitrogens is 4. The predicted octanol–water partition coefficient (Wildman–Crippen LogP) is 3.16. The minimum atomic E-state index is -2.75. The molecule has 2 fully saturated rings. The van der Waals surface area contributed by atoms with Crippen LogP contribution in [0, 0.1) is 5.92 Å². The maximum Gasteiger partial charge on any atom is 0.296 e. The highest BCUT2D eigenvalue weighted by molar-refractivity contribution is 5.78.